The summed E-state index contributed by atoms with van der Waals surface area (Å²) in [5, 5.41) is 9.91. The Hall–Kier alpha value is -1.99. The lowest BCUT2D eigenvalue weighted by molar-refractivity contribution is -0.116. The Morgan fingerprint density at radius 3 is 2.64 bits per heavy atom. The van der Waals surface area contributed by atoms with E-state index in [-0.39, 0.29) is 11.8 Å². The lowest BCUT2D eigenvalue weighted by Crippen LogP contribution is -2.25. The first kappa shape index (κ1) is 16.4. The van der Waals surface area contributed by atoms with Gasteiger partial charge in [0.15, 0.2) is 0 Å². The van der Waals surface area contributed by atoms with Crippen LogP contribution in [-0.2, 0) is 4.79 Å². The molecule has 2 amide bonds. The summed E-state index contributed by atoms with van der Waals surface area (Å²) in [7, 11) is 0. The molecule has 0 aliphatic rings. The van der Waals surface area contributed by atoms with Gasteiger partial charge in [-0.15, -0.1) is 5.10 Å². The molecule has 1 heterocycles. The minimum Gasteiger partial charge on any atom is -0.351 e. The van der Waals surface area contributed by atoms with Gasteiger partial charge in [0.05, 0.1) is 5.69 Å². The number of benzene rings is 1. The van der Waals surface area contributed by atoms with Gasteiger partial charge in [0.1, 0.15) is 4.88 Å². The highest BCUT2D eigenvalue weighted by Gasteiger charge is 2.12. The number of hydrogen-bond donors (Lipinski definition) is 2. The summed E-state index contributed by atoms with van der Waals surface area (Å²) < 4.78 is 3.71. The van der Waals surface area contributed by atoms with Crippen molar-refractivity contribution >= 4 is 40.6 Å². The van der Waals surface area contributed by atoms with Gasteiger partial charge >= 0.3 is 0 Å². The molecular weight excluding hydrogens is 324 g/mol. The van der Waals surface area contributed by atoms with Crippen LogP contribution in [0.1, 0.15) is 28.2 Å². The van der Waals surface area contributed by atoms with Gasteiger partial charge in [-0.2, -0.15) is 0 Å². The van der Waals surface area contributed by atoms with Crippen LogP contribution in [0.15, 0.2) is 24.3 Å². The van der Waals surface area contributed by atoms with E-state index in [9.17, 15) is 9.59 Å². The maximum Gasteiger partial charge on any atom is 0.264 e. The van der Waals surface area contributed by atoms with Crippen LogP contribution in [0.3, 0.4) is 0 Å². The number of amides is 2. The number of anilines is 1. The quantitative estimate of drug-likeness (QED) is 0.793. The third-order valence-corrected chi connectivity index (χ3v) is 3.93. The smallest absolute Gasteiger partial charge is 0.264 e. The average molecular weight is 339 g/mol. The molecule has 0 fully saturated rings. The molecule has 2 aromatic rings. The second-order valence-corrected chi connectivity index (χ2v) is 5.79. The number of aromatic nitrogens is 2. The summed E-state index contributed by atoms with van der Waals surface area (Å²) >= 11 is 6.83. The van der Waals surface area contributed by atoms with Crippen LogP contribution in [0.25, 0.3) is 0 Å². The monoisotopic (exact) mass is 338 g/mol. The van der Waals surface area contributed by atoms with E-state index in [1.807, 2.05) is 0 Å². The van der Waals surface area contributed by atoms with E-state index in [0.29, 0.717) is 40.7 Å². The normalized spacial score (nSPS) is 10.3. The number of carbonyl (C=O) groups is 2. The van der Waals surface area contributed by atoms with Crippen molar-refractivity contribution < 1.29 is 9.59 Å². The van der Waals surface area contributed by atoms with Crippen molar-refractivity contribution in [1.29, 1.82) is 0 Å². The minimum absolute atomic E-state index is 0.104. The van der Waals surface area contributed by atoms with E-state index in [2.05, 4.69) is 20.2 Å². The largest absolute Gasteiger partial charge is 0.351 e. The van der Waals surface area contributed by atoms with Gasteiger partial charge in [0.2, 0.25) is 5.91 Å². The van der Waals surface area contributed by atoms with Gasteiger partial charge < -0.3 is 10.6 Å². The molecule has 8 heteroatoms. The van der Waals surface area contributed by atoms with E-state index in [1.54, 1.807) is 31.2 Å². The molecule has 0 aliphatic carbocycles. The fourth-order valence-electron chi connectivity index (χ4n) is 1.73. The first-order chi connectivity index (χ1) is 10.6. The molecule has 2 N–H and O–H groups in total. The van der Waals surface area contributed by atoms with Crippen molar-refractivity contribution in [3.63, 3.8) is 0 Å². The van der Waals surface area contributed by atoms with E-state index in [0.717, 1.165) is 11.5 Å². The van der Waals surface area contributed by atoms with Crippen LogP contribution in [0, 0.1) is 6.92 Å². The predicted octanol–water partition coefficient (Wildman–Crippen LogP) is 2.65. The molecule has 1 aromatic carbocycles. The molecule has 0 bridgehead atoms. The van der Waals surface area contributed by atoms with Gasteiger partial charge in [0.25, 0.3) is 5.91 Å². The lowest BCUT2D eigenvalue weighted by Gasteiger charge is -2.06. The highest BCUT2D eigenvalue weighted by Crippen LogP contribution is 2.13. The van der Waals surface area contributed by atoms with Gasteiger partial charge in [-0.25, -0.2) is 0 Å². The number of rotatable bonds is 6. The van der Waals surface area contributed by atoms with Gasteiger partial charge in [0, 0.05) is 23.7 Å². The Labute approximate surface area is 137 Å². The van der Waals surface area contributed by atoms with Crippen molar-refractivity contribution in [2.24, 2.45) is 0 Å². The molecule has 0 unspecified atom stereocenters. The number of nitrogens with one attached hydrogen (secondary N) is 2. The molecule has 0 aliphatic heterocycles. The maximum absolute atomic E-state index is 11.8. The summed E-state index contributed by atoms with van der Waals surface area (Å²) in [5.41, 5.74) is 1.31. The second-order valence-electron chi connectivity index (χ2n) is 4.60. The molecule has 0 atom stereocenters. The van der Waals surface area contributed by atoms with Crippen molar-refractivity contribution in [3.8, 4) is 0 Å². The SMILES string of the molecule is Cc1nnsc1C(=O)NCCCC(=O)Nc1ccc(Cl)cc1. The Morgan fingerprint density at radius 1 is 1.27 bits per heavy atom. The third kappa shape index (κ3) is 4.78. The Morgan fingerprint density at radius 2 is 2.00 bits per heavy atom. The van der Waals surface area contributed by atoms with Crippen LogP contribution < -0.4 is 10.6 Å². The van der Waals surface area contributed by atoms with E-state index < -0.39 is 0 Å². The van der Waals surface area contributed by atoms with Crippen molar-refractivity contribution in [2.45, 2.75) is 19.8 Å². The summed E-state index contributed by atoms with van der Waals surface area (Å²) in [6.07, 6.45) is 0.874. The molecular formula is C14H15ClN4O2S. The first-order valence-corrected chi connectivity index (χ1v) is 7.84. The van der Waals surface area contributed by atoms with Crippen molar-refractivity contribution in [1.82, 2.24) is 14.9 Å². The van der Waals surface area contributed by atoms with E-state index in [4.69, 9.17) is 11.6 Å². The lowest BCUT2D eigenvalue weighted by atomic mass is 10.2. The zero-order valence-corrected chi connectivity index (χ0v) is 13.5. The molecule has 0 spiro atoms. The predicted molar refractivity (Wildman–Crippen MR) is 86.3 cm³/mol. The van der Waals surface area contributed by atoms with Crippen LogP contribution in [0.5, 0.6) is 0 Å². The van der Waals surface area contributed by atoms with E-state index in [1.165, 1.54) is 0 Å². The Bertz CT molecular complexity index is 657. The number of carbonyl (C=O) groups excluding carboxylic acids is 2. The van der Waals surface area contributed by atoms with Crippen molar-refractivity contribution in [3.05, 3.63) is 39.9 Å². The minimum atomic E-state index is -0.203. The topological polar surface area (TPSA) is 84.0 Å². The molecule has 0 saturated heterocycles. The summed E-state index contributed by atoms with van der Waals surface area (Å²) in [6.45, 7) is 2.15. The molecule has 6 nitrogen and oxygen atoms in total. The van der Waals surface area contributed by atoms with Crippen LogP contribution >= 0.6 is 23.1 Å². The molecule has 116 valence electrons. The zero-order chi connectivity index (χ0) is 15.9. The highest BCUT2D eigenvalue weighted by atomic mass is 35.5. The molecule has 22 heavy (non-hydrogen) atoms. The summed E-state index contributed by atoms with van der Waals surface area (Å²) in [6, 6.07) is 6.90. The average Bonchev–Trinajstić information content (AvgIpc) is 2.92. The molecule has 1 aromatic heterocycles. The number of hydrogen-bond acceptors (Lipinski definition) is 5. The van der Waals surface area contributed by atoms with Crippen LogP contribution in [-0.4, -0.2) is 27.9 Å². The van der Waals surface area contributed by atoms with Crippen LogP contribution in [0.2, 0.25) is 5.02 Å². The Balaban J connectivity index is 1.68. The second kappa shape index (κ2) is 7.86. The van der Waals surface area contributed by atoms with Crippen molar-refractivity contribution in [2.75, 3.05) is 11.9 Å². The van der Waals surface area contributed by atoms with E-state index >= 15 is 0 Å². The molecule has 2 rings (SSSR count). The number of halogens is 1. The number of nitrogens with zero attached hydrogens (tertiary/aromatic N) is 2. The summed E-state index contributed by atoms with van der Waals surface area (Å²) in [5.74, 6) is -0.308. The fourth-order valence-corrected chi connectivity index (χ4v) is 2.43. The highest BCUT2D eigenvalue weighted by molar-refractivity contribution is 7.07. The molecule has 0 saturated carbocycles. The summed E-state index contributed by atoms with van der Waals surface area (Å²) in [4.78, 5) is 24.1. The zero-order valence-electron chi connectivity index (χ0n) is 11.9. The number of aryl methyl sites for hydroxylation is 1. The first-order valence-electron chi connectivity index (χ1n) is 6.69. The van der Waals surface area contributed by atoms with Gasteiger partial charge in [-0.05, 0) is 49.1 Å². The third-order valence-electron chi connectivity index (χ3n) is 2.85. The van der Waals surface area contributed by atoms with Gasteiger partial charge in [-0.1, -0.05) is 16.1 Å². The molecule has 0 radical (unpaired) electrons. The standard InChI is InChI=1S/C14H15ClN4O2S/c1-9-13(22-19-18-9)14(21)16-8-2-3-12(20)17-11-6-4-10(15)5-7-11/h4-7H,2-3,8H2,1H3,(H,16,21)(H,17,20). The Kier molecular flexibility index (Phi) is 5.85. The maximum atomic E-state index is 11.8. The van der Waals surface area contributed by atoms with Crippen LogP contribution in [0.4, 0.5) is 5.69 Å². The fraction of sp³-hybridized carbons (Fsp3) is 0.286. The van der Waals surface area contributed by atoms with Gasteiger partial charge in [-0.3, -0.25) is 9.59 Å².